The number of hydrogen-bond donors (Lipinski definition) is 0. The van der Waals surface area contributed by atoms with Crippen LogP contribution in [0.15, 0.2) is 58.2 Å². The van der Waals surface area contributed by atoms with Crippen molar-refractivity contribution in [3.63, 3.8) is 0 Å². The van der Waals surface area contributed by atoms with Gasteiger partial charge >= 0.3 is 0 Å². The molecule has 0 aliphatic heterocycles. The fourth-order valence-electron chi connectivity index (χ4n) is 4.05. The average Bonchev–Trinajstić information content (AvgIpc) is 3.17. The first kappa shape index (κ1) is 18.3. The molecule has 5 aromatic rings. The largest absolute Gasteiger partial charge is 0.332 e. The molecule has 0 spiro atoms. The van der Waals surface area contributed by atoms with Gasteiger partial charge in [-0.1, -0.05) is 35.8 Å². The van der Waals surface area contributed by atoms with E-state index in [-0.39, 0.29) is 18.0 Å². The van der Waals surface area contributed by atoms with Gasteiger partial charge in [0, 0.05) is 12.1 Å². The lowest BCUT2D eigenvalue weighted by Crippen LogP contribution is -2.24. The van der Waals surface area contributed by atoms with E-state index in [0.29, 0.717) is 39.4 Å². The Balaban J connectivity index is 1.61. The summed E-state index contributed by atoms with van der Waals surface area (Å²) in [5.41, 5.74) is 2.61. The van der Waals surface area contributed by atoms with Crippen LogP contribution < -0.4 is 5.56 Å². The third-order valence-corrected chi connectivity index (χ3v) is 6.15. The first-order valence-electron chi connectivity index (χ1n) is 10.0. The van der Waals surface area contributed by atoms with Crippen molar-refractivity contribution in [1.29, 1.82) is 0 Å². The summed E-state index contributed by atoms with van der Waals surface area (Å²) >= 11 is 6.53. The zero-order valence-electron chi connectivity index (χ0n) is 16.6. The molecule has 1 aliphatic rings. The van der Waals surface area contributed by atoms with Gasteiger partial charge in [-0.3, -0.25) is 18.7 Å². The molecule has 4 aromatic heterocycles. The summed E-state index contributed by atoms with van der Waals surface area (Å²) in [5.74, 6) is 1.78. The number of hydrogen-bond acceptors (Lipinski definition) is 6. The summed E-state index contributed by atoms with van der Waals surface area (Å²) in [6, 6.07) is 11.1. The minimum Gasteiger partial charge on any atom is -0.332 e. The van der Waals surface area contributed by atoms with Crippen LogP contribution in [0, 0.1) is 5.92 Å². The number of fused-ring (bicyclic) bond motifs is 3. The van der Waals surface area contributed by atoms with Gasteiger partial charge in [0.05, 0.1) is 28.3 Å². The minimum absolute atomic E-state index is 0.250. The van der Waals surface area contributed by atoms with Gasteiger partial charge in [-0.2, -0.15) is 4.98 Å². The number of nitrogens with zero attached hydrogens (tertiary/aromatic N) is 6. The van der Waals surface area contributed by atoms with E-state index in [2.05, 4.69) is 27.0 Å². The Kier molecular flexibility index (Phi) is 3.97. The van der Waals surface area contributed by atoms with E-state index >= 15 is 0 Å². The second-order valence-corrected chi connectivity index (χ2v) is 8.32. The highest BCUT2D eigenvalue weighted by atomic mass is 35.5. The summed E-state index contributed by atoms with van der Waals surface area (Å²) in [5, 5.41) is 4.59. The normalized spacial score (nSPS) is 18.1. The molecule has 0 N–H and O–H groups in total. The van der Waals surface area contributed by atoms with Crippen LogP contribution in [0.1, 0.15) is 30.8 Å². The number of aromatic nitrogens is 6. The molecule has 0 radical (unpaired) electrons. The maximum absolute atomic E-state index is 13.7. The molecule has 4 heterocycles. The summed E-state index contributed by atoms with van der Waals surface area (Å²) in [4.78, 5) is 27.0. The predicted molar refractivity (Wildman–Crippen MR) is 115 cm³/mol. The Labute approximate surface area is 181 Å². The number of imidazole rings is 1. The average molecular weight is 433 g/mol. The second-order valence-electron chi connectivity index (χ2n) is 7.91. The molecular formula is C22H17ClN6O2. The highest BCUT2D eigenvalue weighted by Crippen LogP contribution is 2.45. The molecule has 31 heavy (non-hydrogen) atoms. The Hall–Kier alpha value is -3.52. The Morgan fingerprint density at radius 1 is 1.16 bits per heavy atom. The third kappa shape index (κ3) is 2.86. The number of halogens is 1. The molecule has 6 rings (SSSR count). The lowest BCUT2D eigenvalue weighted by molar-refractivity contribution is 0.421. The zero-order valence-corrected chi connectivity index (χ0v) is 17.3. The van der Waals surface area contributed by atoms with Crippen LogP contribution in [0.4, 0.5) is 0 Å². The van der Waals surface area contributed by atoms with Gasteiger partial charge in [0.15, 0.2) is 11.5 Å². The van der Waals surface area contributed by atoms with Crippen molar-refractivity contribution in [2.45, 2.75) is 25.8 Å². The van der Waals surface area contributed by atoms with Gasteiger partial charge in [-0.05, 0) is 36.6 Å². The maximum Gasteiger partial charge on any atom is 0.278 e. The summed E-state index contributed by atoms with van der Waals surface area (Å²) < 4.78 is 8.85. The fourth-order valence-corrected chi connectivity index (χ4v) is 4.33. The van der Waals surface area contributed by atoms with E-state index in [1.54, 1.807) is 27.6 Å². The van der Waals surface area contributed by atoms with Crippen LogP contribution >= 0.6 is 11.6 Å². The molecular weight excluding hydrogens is 416 g/mol. The van der Waals surface area contributed by atoms with Crippen molar-refractivity contribution in [1.82, 2.24) is 29.1 Å². The van der Waals surface area contributed by atoms with Crippen molar-refractivity contribution in [3.05, 3.63) is 75.8 Å². The van der Waals surface area contributed by atoms with E-state index in [0.717, 1.165) is 17.6 Å². The number of benzene rings is 1. The fraction of sp³-hybridized carbons (Fsp3) is 0.227. The summed E-state index contributed by atoms with van der Waals surface area (Å²) in [7, 11) is 0. The lowest BCUT2D eigenvalue weighted by Gasteiger charge is -2.13. The zero-order chi connectivity index (χ0) is 21.1. The van der Waals surface area contributed by atoms with Gasteiger partial charge in [-0.15, -0.1) is 0 Å². The smallest absolute Gasteiger partial charge is 0.278 e. The number of para-hydroxylation sites is 1. The molecule has 2 atom stereocenters. The molecule has 1 fully saturated rings. The topological polar surface area (TPSA) is 91.1 Å². The second kappa shape index (κ2) is 6.75. The molecule has 9 heteroatoms. The Bertz CT molecular complexity index is 1500. The van der Waals surface area contributed by atoms with Crippen LogP contribution in [-0.2, 0) is 6.54 Å². The molecule has 1 aromatic carbocycles. The summed E-state index contributed by atoms with van der Waals surface area (Å²) in [6.45, 7) is 2.43. The SMILES string of the molecule is CC1CC1c1noc(-c2ncn3c2c(=O)n(Cc2ccccn2)c2c(Cl)cccc23)n1. The van der Waals surface area contributed by atoms with Crippen molar-refractivity contribution >= 4 is 28.2 Å². The van der Waals surface area contributed by atoms with Crippen LogP contribution in [0.25, 0.3) is 28.1 Å². The van der Waals surface area contributed by atoms with E-state index in [4.69, 9.17) is 16.1 Å². The first-order valence-corrected chi connectivity index (χ1v) is 10.4. The van der Waals surface area contributed by atoms with Crippen molar-refractivity contribution in [2.24, 2.45) is 5.92 Å². The standard InChI is InChI=1S/C22H17ClN6O2/c1-12-9-14(12)20-26-21(31-27-20)17-19-22(30)28(10-13-5-2-3-8-24-13)18-15(23)6-4-7-16(18)29(19)11-25-17/h2-8,11-12,14H,9-10H2,1H3. The van der Waals surface area contributed by atoms with Gasteiger partial charge in [-0.25, -0.2) is 4.98 Å². The Morgan fingerprint density at radius 3 is 2.81 bits per heavy atom. The molecule has 0 bridgehead atoms. The maximum atomic E-state index is 13.7. The van der Waals surface area contributed by atoms with Crippen molar-refractivity contribution in [3.8, 4) is 11.6 Å². The quantitative estimate of drug-likeness (QED) is 0.427. The van der Waals surface area contributed by atoms with Crippen molar-refractivity contribution in [2.75, 3.05) is 0 Å². The molecule has 1 aliphatic carbocycles. The molecule has 1 saturated carbocycles. The number of rotatable bonds is 4. The molecule has 0 saturated heterocycles. The molecule has 2 unspecified atom stereocenters. The number of pyridine rings is 1. The monoisotopic (exact) mass is 432 g/mol. The lowest BCUT2D eigenvalue weighted by atomic mass is 10.2. The molecule has 0 amide bonds. The van der Waals surface area contributed by atoms with Gasteiger partial charge < -0.3 is 4.52 Å². The van der Waals surface area contributed by atoms with E-state index in [9.17, 15) is 4.79 Å². The highest BCUT2D eigenvalue weighted by molar-refractivity contribution is 6.35. The van der Waals surface area contributed by atoms with Gasteiger partial charge in [0.25, 0.3) is 11.4 Å². The minimum atomic E-state index is -0.252. The van der Waals surface area contributed by atoms with Gasteiger partial charge in [0.1, 0.15) is 11.8 Å². The third-order valence-electron chi connectivity index (χ3n) is 5.84. The van der Waals surface area contributed by atoms with Crippen LogP contribution in [0.5, 0.6) is 0 Å². The van der Waals surface area contributed by atoms with Gasteiger partial charge in [0.2, 0.25) is 0 Å². The summed E-state index contributed by atoms with van der Waals surface area (Å²) in [6.07, 6.45) is 4.34. The first-order chi connectivity index (χ1) is 15.1. The van der Waals surface area contributed by atoms with E-state index < -0.39 is 0 Å². The Morgan fingerprint density at radius 2 is 2.03 bits per heavy atom. The van der Waals surface area contributed by atoms with Crippen molar-refractivity contribution < 1.29 is 4.52 Å². The highest BCUT2D eigenvalue weighted by Gasteiger charge is 2.38. The molecule has 8 nitrogen and oxygen atoms in total. The predicted octanol–water partition coefficient (Wildman–Crippen LogP) is 3.92. The van der Waals surface area contributed by atoms with Crippen LogP contribution in [0.2, 0.25) is 5.02 Å². The molecule has 154 valence electrons. The van der Waals surface area contributed by atoms with Crippen LogP contribution in [0.3, 0.4) is 0 Å². The van der Waals surface area contributed by atoms with E-state index in [1.807, 2.05) is 30.3 Å². The van der Waals surface area contributed by atoms with Crippen LogP contribution in [-0.4, -0.2) is 29.1 Å². The van der Waals surface area contributed by atoms with E-state index in [1.165, 1.54) is 0 Å².